The molecule has 3 unspecified atom stereocenters. The Kier molecular flexibility index (Phi) is 5.35. The van der Waals surface area contributed by atoms with Gasteiger partial charge >= 0.3 is 23.9 Å². The van der Waals surface area contributed by atoms with Crippen molar-refractivity contribution in [1.29, 1.82) is 0 Å². The molecule has 0 radical (unpaired) electrons. The minimum Gasteiger partial charge on any atom is -0.502 e. The number of hydrogen-bond acceptors (Lipinski definition) is 3. The van der Waals surface area contributed by atoms with E-state index in [1.54, 1.807) is 0 Å². The van der Waals surface area contributed by atoms with E-state index in [0.717, 1.165) is 0 Å². The van der Waals surface area contributed by atoms with Gasteiger partial charge in [-0.15, -0.1) is 0 Å². The van der Waals surface area contributed by atoms with Crippen LogP contribution in [0.3, 0.4) is 0 Å². The lowest BCUT2D eigenvalue weighted by Gasteiger charge is -2.40. The summed E-state index contributed by atoms with van der Waals surface area (Å²) in [4.78, 5) is 11.0. The molecule has 4 atom stereocenters. The number of alkyl halides is 6. The van der Waals surface area contributed by atoms with Crippen molar-refractivity contribution in [2.24, 2.45) is 23.7 Å². The maximum atomic E-state index is 13.4. The van der Waals surface area contributed by atoms with Crippen molar-refractivity contribution in [2.45, 2.75) is 50.6 Å². The summed E-state index contributed by atoms with van der Waals surface area (Å²) in [6, 6.07) is 0. The lowest BCUT2D eigenvalue weighted by atomic mass is 9.75. The number of fused-ring (bicyclic) bond motifs is 2. The third kappa shape index (κ3) is 3.74. The standard InChI is InChI=1S/C16H20F6O3/c1-3-24-8-12-5-10-4-11(13(12)6-10)7-14(15(17,18)19,16(20,21)22)25-9(2)23/h3,10-13H,1,4-8H2,2H3/t10?,11?,12?,13-/m1/s1. The molecule has 0 aromatic rings. The van der Waals surface area contributed by atoms with Crippen LogP contribution >= 0.6 is 0 Å². The second-order valence-corrected chi connectivity index (χ2v) is 6.88. The number of rotatable bonds is 6. The van der Waals surface area contributed by atoms with Gasteiger partial charge in [0.25, 0.3) is 0 Å². The summed E-state index contributed by atoms with van der Waals surface area (Å²) < 4.78 is 89.3. The maximum absolute atomic E-state index is 13.4. The molecule has 2 saturated carbocycles. The molecule has 0 saturated heterocycles. The fraction of sp³-hybridized carbons (Fsp3) is 0.812. The number of ether oxygens (including phenoxy) is 2. The first-order valence-electron chi connectivity index (χ1n) is 7.97. The maximum Gasteiger partial charge on any atom is 0.437 e. The summed E-state index contributed by atoms with van der Waals surface area (Å²) in [5.74, 6) is -2.79. The zero-order valence-corrected chi connectivity index (χ0v) is 13.6. The largest absolute Gasteiger partial charge is 0.502 e. The van der Waals surface area contributed by atoms with Crippen molar-refractivity contribution in [2.75, 3.05) is 6.61 Å². The Hall–Kier alpha value is -1.41. The van der Waals surface area contributed by atoms with Gasteiger partial charge in [0.15, 0.2) is 0 Å². The molecule has 2 fully saturated rings. The number of halogens is 6. The van der Waals surface area contributed by atoms with Crippen LogP contribution in [0.5, 0.6) is 0 Å². The molecule has 0 aromatic carbocycles. The van der Waals surface area contributed by atoms with Crippen molar-refractivity contribution < 1.29 is 40.6 Å². The van der Waals surface area contributed by atoms with Gasteiger partial charge in [-0.2, -0.15) is 26.3 Å². The smallest absolute Gasteiger partial charge is 0.437 e. The Balaban J connectivity index is 2.28. The SMILES string of the molecule is C=COCC1CC2CC(CC(OC(C)=O)(C(F)(F)F)C(F)(F)F)[C@H]1C2. The van der Waals surface area contributed by atoms with E-state index < -0.39 is 36.3 Å². The predicted molar refractivity (Wildman–Crippen MR) is 75.2 cm³/mol. The predicted octanol–water partition coefficient (Wildman–Crippen LogP) is 4.63. The molecule has 0 aliphatic heterocycles. The number of esters is 1. The lowest BCUT2D eigenvalue weighted by molar-refractivity contribution is -0.374. The molecule has 144 valence electrons. The molecule has 0 spiro atoms. The molecule has 25 heavy (non-hydrogen) atoms. The molecular formula is C16H20F6O3. The third-order valence-corrected chi connectivity index (χ3v) is 5.30. The van der Waals surface area contributed by atoms with E-state index >= 15 is 0 Å². The van der Waals surface area contributed by atoms with Gasteiger partial charge in [0.2, 0.25) is 0 Å². The quantitative estimate of drug-likeness (QED) is 0.386. The highest BCUT2D eigenvalue weighted by atomic mass is 19.4. The molecule has 2 aliphatic rings. The molecule has 0 aromatic heterocycles. The molecule has 3 nitrogen and oxygen atoms in total. The summed E-state index contributed by atoms with van der Waals surface area (Å²) in [5.41, 5.74) is -4.47. The van der Waals surface area contributed by atoms with Crippen LogP contribution in [0, 0.1) is 23.7 Å². The summed E-state index contributed by atoms with van der Waals surface area (Å²) in [7, 11) is 0. The number of carbonyl (C=O) groups excluding carboxylic acids is 1. The van der Waals surface area contributed by atoms with E-state index in [9.17, 15) is 31.1 Å². The van der Waals surface area contributed by atoms with Gasteiger partial charge in [0.1, 0.15) is 0 Å². The van der Waals surface area contributed by atoms with E-state index in [2.05, 4.69) is 11.3 Å². The third-order valence-electron chi connectivity index (χ3n) is 5.30. The summed E-state index contributed by atoms with van der Waals surface area (Å²) in [6.07, 6.45) is -10.0. The summed E-state index contributed by atoms with van der Waals surface area (Å²) in [5, 5.41) is 0. The fourth-order valence-electron chi connectivity index (χ4n) is 4.43. The highest BCUT2D eigenvalue weighted by Gasteiger charge is 2.75. The monoisotopic (exact) mass is 374 g/mol. The van der Waals surface area contributed by atoms with Gasteiger partial charge in [0.05, 0.1) is 12.9 Å². The van der Waals surface area contributed by atoms with Crippen molar-refractivity contribution in [3.8, 4) is 0 Å². The molecule has 2 bridgehead atoms. The van der Waals surface area contributed by atoms with Crippen LogP contribution < -0.4 is 0 Å². The Morgan fingerprint density at radius 1 is 1.08 bits per heavy atom. The lowest BCUT2D eigenvalue weighted by Crippen LogP contribution is -2.60. The molecule has 0 amide bonds. The van der Waals surface area contributed by atoms with E-state index in [-0.39, 0.29) is 30.8 Å². The minimum atomic E-state index is -5.74. The van der Waals surface area contributed by atoms with Crippen LogP contribution in [0.1, 0.15) is 32.6 Å². The molecule has 0 N–H and O–H groups in total. The Morgan fingerprint density at radius 3 is 2.08 bits per heavy atom. The first kappa shape index (κ1) is 19.9. The highest BCUT2D eigenvalue weighted by molar-refractivity contribution is 5.66. The second kappa shape index (κ2) is 6.72. The zero-order valence-electron chi connectivity index (χ0n) is 13.6. The number of hydrogen-bond donors (Lipinski definition) is 0. The van der Waals surface area contributed by atoms with Crippen LogP contribution in [0.2, 0.25) is 0 Å². The normalized spacial score (nSPS) is 29.6. The van der Waals surface area contributed by atoms with Crippen LogP contribution in [-0.4, -0.2) is 30.5 Å². The Bertz CT molecular complexity index is 499. The van der Waals surface area contributed by atoms with E-state index in [4.69, 9.17) is 4.74 Å². The van der Waals surface area contributed by atoms with E-state index in [1.165, 1.54) is 6.26 Å². The van der Waals surface area contributed by atoms with Gasteiger partial charge in [-0.1, -0.05) is 6.58 Å². The van der Waals surface area contributed by atoms with Crippen LogP contribution in [0.25, 0.3) is 0 Å². The Labute approximate surface area is 141 Å². The first-order valence-corrected chi connectivity index (χ1v) is 7.97. The van der Waals surface area contributed by atoms with Crippen molar-refractivity contribution in [3.63, 3.8) is 0 Å². The fourth-order valence-corrected chi connectivity index (χ4v) is 4.43. The van der Waals surface area contributed by atoms with Crippen molar-refractivity contribution >= 4 is 5.97 Å². The Morgan fingerprint density at radius 2 is 1.64 bits per heavy atom. The van der Waals surface area contributed by atoms with Gasteiger partial charge in [0, 0.05) is 13.3 Å². The molecule has 0 heterocycles. The van der Waals surface area contributed by atoms with Gasteiger partial charge in [-0.25, -0.2) is 0 Å². The minimum absolute atomic E-state index is 0.0740. The van der Waals surface area contributed by atoms with Crippen molar-refractivity contribution in [3.05, 3.63) is 12.8 Å². The van der Waals surface area contributed by atoms with Gasteiger partial charge < -0.3 is 9.47 Å². The van der Waals surface area contributed by atoms with Crippen molar-refractivity contribution in [1.82, 2.24) is 0 Å². The van der Waals surface area contributed by atoms with Gasteiger partial charge in [-0.05, 0) is 42.9 Å². The highest BCUT2D eigenvalue weighted by Crippen LogP contribution is 2.58. The molecular weight excluding hydrogens is 354 g/mol. The average molecular weight is 374 g/mol. The second-order valence-electron chi connectivity index (χ2n) is 6.88. The van der Waals surface area contributed by atoms with Crippen LogP contribution in [-0.2, 0) is 14.3 Å². The average Bonchev–Trinajstić information content (AvgIpc) is 3.00. The summed E-state index contributed by atoms with van der Waals surface area (Å²) >= 11 is 0. The topological polar surface area (TPSA) is 35.5 Å². The first-order chi connectivity index (χ1) is 11.4. The zero-order chi connectivity index (χ0) is 19.0. The van der Waals surface area contributed by atoms with E-state index in [1.807, 2.05) is 0 Å². The number of carbonyl (C=O) groups is 1. The molecule has 2 rings (SSSR count). The van der Waals surface area contributed by atoms with E-state index in [0.29, 0.717) is 19.8 Å². The van der Waals surface area contributed by atoms with Crippen LogP contribution in [0.4, 0.5) is 26.3 Å². The summed E-state index contributed by atoms with van der Waals surface area (Å²) in [6.45, 7) is 4.15. The van der Waals surface area contributed by atoms with Gasteiger partial charge in [-0.3, -0.25) is 4.79 Å². The molecule has 9 heteroatoms. The molecule has 2 aliphatic carbocycles. The van der Waals surface area contributed by atoms with Crippen LogP contribution in [0.15, 0.2) is 12.8 Å².